The fourth-order valence-corrected chi connectivity index (χ4v) is 2.81. The molecule has 2 nitrogen and oxygen atoms in total. The molecule has 0 bridgehead atoms. The molecule has 0 spiro atoms. The molecule has 1 aliphatic carbocycles. The highest BCUT2D eigenvalue weighted by molar-refractivity contribution is 9.10. The van der Waals surface area contributed by atoms with Gasteiger partial charge in [-0.15, -0.1) is 0 Å². The Balaban J connectivity index is 2.07. The van der Waals surface area contributed by atoms with Gasteiger partial charge in [0.1, 0.15) is 0 Å². The van der Waals surface area contributed by atoms with Crippen molar-refractivity contribution in [3.05, 3.63) is 33.3 Å². The third kappa shape index (κ3) is 3.02. The highest BCUT2D eigenvalue weighted by atomic mass is 79.9. The van der Waals surface area contributed by atoms with E-state index in [1.165, 1.54) is 6.42 Å². The Morgan fingerprint density at radius 2 is 2.24 bits per heavy atom. The molecule has 1 aromatic carbocycles. The number of carbonyl (C=O) groups excluding carboxylic acids is 1. The summed E-state index contributed by atoms with van der Waals surface area (Å²) in [6, 6.07) is 5.26. The van der Waals surface area contributed by atoms with Crippen LogP contribution >= 0.6 is 27.5 Å². The van der Waals surface area contributed by atoms with Gasteiger partial charge in [-0.05, 0) is 52.4 Å². The zero-order valence-electron chi connectivity index (χ0n) is 9.91. The topological polar surface area (TPSA) is 20.3 Å². The second-order valence-electron chi connectivity index (χ2n) is 4.78. The van der Waals surface area contributed by atoms with Crippen molar-refractivity contribution in [1.82, 2.24) is 4.90 Å². The van der Waals surface area contributed by atoms with Crippen LogP contribution in [0.2, 0.25) is 5.02 Å². The Hall–Kier alpha value is -0.540. The second-order valence-corrected chi connectivity index (χ2v) is 6.07. The zero-order chi connectivity index (χ0) is 12.6. The summed E-state index contributed by atoms with van der Waals surface area (Å²) in [5, 5.41) is 0.631. The van der Waals surface area contributed by atoms with Gasteiger partial charge >= 0.3 is 0 Å². The lowest BCUT2D eigenvalue weighted by atomic mass is 10.2. The minimum atomic E-state index is 0.0487. The largest absolute Gasteiger partial charge is 0.341 e. The zero-order valence-corrected chi connectivity index (χ0v) is 12.3. The van der Waals surface area contributed by atoms with Gasteiger partial charge in [-0.25, -0.2) is 0 Å². The molecule has 0 saturated heterocycles. The number of carbonyl (C=O) groups is 1. The number of halogens is 2. The molecule has 2 rings (SSSR count). The molecule has 1 fully saturated rings. The van der Waals surface area contributed by atoms with E-state index < -0.39 is 0 Å². The number of benzene rings is 1. The van der Waals surface area contributed by atoms with E-state index >= 15 is 0 Å². The first-order valence-electron chi connectivity index (χ1n) is 5.69. The van der Waals surface area contributed by atoms with Gasteiger partial charge in [-0.1, -0.05) is 18.5 Å². The molecule has 0 radical (unpaired) electrons. The molecule has 2 unspecified atom stereocenters. The predicted molar refractivity (Wildman–Crippen MR) is 73.4 cm³/mol. The van der Waals surface area contributed by atoms with Crippen LogP contribution in [0.4, 0.5) is 0 Å². The Labute approximate surface area is 115 Å². The SMILES string of the molecule is CC1CC1CN(C)C(=O)c1ccc(Cl)cc1Br. The maximum Gasteiger partial charge on any atom is 0.254 e. The average Bonchev–Trinajstić information content (AvgIpc) is 2.93. The molecular formula is C13H15BrClNO. The fraction of sp³-hybridized carbons (Fsp3) is 0.462. The lowest BCUT2D eigenvalue weighted by Gasteiger charge is -2.18. The number of hydrogen-bond donors (Lipinski definition) is 0. The van der Waals surface area contributed by atoms with Crippen molar-refractivity contribution >= 4 is 33.4 Å². The summed E-state index contributed by atoms with van der Waals surface area (Å²) < 4.78 is 0.755. The fourth-order valence-electron chi connectivity index (χ4n) is 1.96. The monoisotopic (exact) mass is 315 g/mol. The molecule has 0 aromatic heterocycles. The lowest BCUT2D eigenvalue weighted by molar-refractivity contribution is 0.0786. The van der Waals surface area contributed by atoms with Gasteiger partial charge in [-0.3, -0.25) is 4.79 Å². The molecule has 4 heteroatoms. The van der Waals surface area contributed by atoms with Crippen LogP contribution in [0, 0.1) is 11.8 Å². The van der Waals surface area contributed by atoms with E-state index in [0.717, 1.165) is 16.9 Å². The molecule has 1 saturated carbocycles. The maximum absolute atomic E-state index is 12.2. The molecule has 2 atom stereocenters. The van der Waals surface area contributed by atoms with Gasteiger partial charge in [0, 0.05) is 23.1 Å². The first-order valence-corrected chi connectivity index (χ1v) is 6.86. The number of amides is 1. The number of nitrogens with zero attached hydrogens (tertiary/aromatic N) is 1. The molecular weight excluding hydrogens is 302 g/mol. The summed E-state index contributed by atoms with van der Waals surface area (Å²) in [6.07, 6.45) is 1.24. The summed E-state index contributed by atoms with van der Waals surface area (Å²) in [4.78, 5) is 14.0. The van der Waals surface area contributed by atoms with Crippen molar-refractivity contribution < 1.29 is 4.79 Å². The Kier molecular flexibility index (Phi) is 3.79. The van der Waals surface area contributed by atoms with Gasteiger partial charge in [0.05, 0.1) is 5.56 Å². The van der Waals surface area contributed by atoms with Crippen LogP contribution in [0.15, 0.2) is 22.7 Å². The van der Waals surface area contributed by atoms with Crippen molar-refractivity contribution in [1.29, 1.82) is 0 Å². The highest BCUT2D eigenvalue weighted by Gasteiger charge is 2.34. The minimum Gasteiger partial charge on any atom is -0.341 e. The van der Waals surface area contributed by atoms with Gasteiger partial charge in [0.2, 0.25) is 0 Å². The summed E-state index contributed by atoms with van der Waals surface area (Å²) >= 11 is 9.24. The standard InChI is InChI=1S/C13H15BrClNO/c1-8-5-9(8)7-16(2)13(17)11-4-3-10(15)6-12(11)14/h3-4,6,8-9H,5,7H2,1-2H3. The number of hydrogen-bond acceptors (Lipinski definition) is 1. The maximum atomic E-state index is 12.2. The van der Waals surface area contributed by atoms with Crippen LogP contribution in [-0.2, 0) is 0 Å². The Morgan fingerprint density at radius 1 is 1.59 bits per heavy atom. The van der Waals surface area contributed by atoms with Gasteiger partial charge in [-0.2, -0.15) is 0 Å². The molecule has 0 heterocycles. The lowest BCUT2D eigenvalue weighted by Crippen LogP contribution is -2.29. The molecule has 0 aliphatic heterocycles. The molecule has 92 valence electrons. The van der Waals surface area contributed by atoms with Crippen molar-refractivity contribution in [2.45, 2.75) is 13.3 Å². The van der Waals surface area contributed by atoms with E-state index in [-0.39, 0.29) is 5.91 Å². The van der Waals surface area contributed by atoms with E-state index in [4.69, 9.17) is 11.6 Å². The quantitative estimate of drug-likeness (QED) is 0.830. The molecule has 1 aromatic rings. The second kappa shape index (κ2) is 4.99. The molecule has 1 amide bonds. The van der Waals surface area contributed by atoms with E-state index in [2.05, 4.69) is 22.9 Å². The van der Waals surface area contributed by atoms with E-state index in [1.54, 1.807) is 23.1 Å². The molecule has 17 heavy (non-hydrogen) atoms. The highest BCUT2D eigenvalue weighted by Crippen LogP contribution is 2.38. The van der Waals surface area contributed by atoms with Crippen molar-refractivity contribution in [3.8, 4) is 0 Å². The predicted octanol–water partition coefficient (Wildman–Crippen LogP) is 3.83. The number of rotatable bonds is 3. The van der Waals surface area contributed by atoms with Crippen LogP contribution in [0.3, 0.4) is 0 Å². The summed E-state index contributed by atoms with van der Waals surface area (Å²) in [5.74, 6) is 1.49. The summed E-state index contributed by atoms with van der Waals surface area (Å²) in [5.41, 5.74) is 0.671. The Bertz CT molecular complexity index is 449. The van der Waals surface area contributed by atoms with Crippen molar-refractivity contribution in [2.75, 3.05) is 13.6 Å². The Morgan fingerprint density at radius 3 is 2.76 bits per heavy atom. The van der Waals surface area contributed by atoms with Crippen LogP contribution in [0.1, 0.15) is 23.7 Å². The van der Waals surface area contributed by atoms with Crippen LogP contribution in [0.25, 0.3) is 0 Å². The minimum absolute atomic E-state index is 0.0487. The third-order valence-corrected chi connectivity index (χ3v) is 4.18. The summed E-state index contributed by atoms with van der Waals surface area (Å²) in [7, 11) is 1.86. The molecule has 0 N–H and O–H groups in total. The van der Waals surface area contributed by atoms with Gasteiger partial charge in [0.15, 0.2) is 0 Å². The van der Waals surface area contributed by atoms with Crippen molar-refractivity contribution in [2.24, 2.45) is 11.8 Å². The smallest absolute Gasteiger partial charge is 0.254 e. The van der Waals surface area contributed by atoms with E-state index in [1.807, 2.05) is 7.05 Å². The summed E-state index contributed by atoms with van der Waals surface area (Å²) in [6.45, 7) is 3.07. The van der Waals surface area contributed by atoms with Crippen LogP contribution in [0.5, 0.6) is 0 Å². The van der Waals surface area contributed by atoms with Crippen molar-refractivity contribution in [3.63, 3.8) is 0 Å². The first-order chi connectivity index (χ1) is 7.99. The first kappa shape index (κ1) is 12.9. The van der Waals surface area contributed by atoms with Gasteiger partial charge < -0.3 is 4.90 Å². The van der Waals surface area contributed by atoms with E-state index in [9.17, 15) is 4.79 Å². The average molecular weight is 317 g/mol. The van der Waals surface area contributed by atoms with Crippen LogP contribution < -0.4 is 0 Å². The molecule has 1 aliphatic rings. The van der Waals surface area contributed by atoms with Crippen LogP contribution in [-0.4, -0.2) is 24.4 Å². The normalized spacial score (nSPS) is 22.4. The van der Waals surface area contributed by atoms with Gasteiger partial charge in [0.25, 0.3) is 5.91 Å². The van der Waals surface area contributed by atoms with E-state index in [0.29, 0.717) is 16.5 Å². The third-order valence-electron chi connectivity index (χ3n) is 3.29.